The van der Waals surface area contributed by atoms with Crippen LogP contribution >= 0.6 is 0 Å². The first-order valence-electron chi connectivity index (χ1n) is 21.4. The van der Waals surface area contributed by atoms with E-state index in [1.807, 2.05) is 0 Å². The molecule has 0 radical (unpaired) electrons. The van der Waals surface area contributed by atoms with Crippen molar-refractivity contribution < 1.29 is 144 Å². The smallest absolute Gasteiger partial charge is 0.187 e. The minimum absolute atomic E-state index is 0.839. The minimum Gasteiger partial charge on any atom is -0.394 e. The van der Waals surface area contributed by atoms with Crippen LogP contribution in [0.3, 0.4) is 0 Å². The Morgan fingerprint density at radius 1 is 0.227 bits per heavy atom. The second kappa shape index (κ2) is 22.1. The molecule has 22 aliphatic rings. The zero-order valence-corrected chi connectivity index (χ0v) is 35.1. The molecule has 0 aromatic rings. The van der Waals surface area contributed by atoms with Crippen LogP contribution in [0.4, 0.5) is 0 Å². The second-order valence-corrected chi connectivity index (χ2v) is 17.2. The molecule has 0 aliphatic carbocycles. The summed E-state index contributed by atoms with van der Waals surface area (Å²) in [6.07, 6.45) is -53.7. The second-order valence-electron chi connectivity index (χ2n) is 17.2. The van der Waals surface area contributed by atoms with Crippen molar-refractivity contribution in [2.75, 3.05) is 39.6 Å². The average Bonchev–Trinajstić information content (AvgIpc) is 3.31. The lowest BCUT2D eigenvalue weighted by atomic mass is 9.89. The van der Waals surface area contributed by atoms with Gasteiger partial charge in [0, 0.05) is 5.92 Å². The van der Waals surface area contributed by atoms with Crippen LogP contribution in [-0.4, -0.2) is 305 Å². The first-order chi connectivity index (χ1) is 31.4. The molecule has 29 heteroatoms. The largest absolute Gasteiger partial charge is 0.394 e. The van der Waals surface area contributed by atoms with Crippen molar-refractivity contribution >= 4 is 0 Å². The van der Waals surface area contributed by atoms with Gasteiger partial charge in [0.15, 0.2) is 37.7 Å². The monoisotopic (exact) mass is 970 g/mol. The van der Waals surface area contributed by atoms with E-state index in [1.54, 1.807) is 0 Å². The van der Waals surface area contributed by atoms with Gasteiger partial charge in [0.05, 0.1) is 45.7 Å². The maximum atomic E-state index is 11.4. The Bertz CT molecular complexity index is 1230. The molecule has 0 saturated carbocycles. The number of hydrogen-bond acceptors (Lipinski definition) is 29. The predicted octanol–water partition coefficient (Wildman–Crippen LogP) is -11.8. The molecule has 0 aromatic carbocycles. The zero-order valence-electron chi connectivity index (χ0n) is 35.1. The van der Waals surface area contributed by atoms with Crippen molar-refractivity contribution in [1.29, 1.82) is 0 Å². The lowest BCUT2D eigenvalue weighted by Crippen LogP contribution is -2.68. The van der Waals surface area contributed by atoms with E-state index >= 15 is 0 Å². The highest BCUT2D eigenvalue weighted by molar-refractivity contribution is 5.00. The highest BCUT2D eigenvalue weighted by atomic mass is 16.8. The standard InChI is InChI=1S/C37H62O29/c1-8-15(44)32-55-9(2-38)26(8)61-33-21(50)16(45)28(11(4-40)56-33)63-35-23(52)18(47)30(13(6-42)58-35)65-37-25(54)20(49)31(14(7-43)60-37)66-36-24(53)19(48)29(12(5-41)59-36)64-34-22(51)17(46)27(62-32)10(3-39)57-34/h8-54H,2-7H2,1H3/t8-,9+,10+,11+,12+,13+,14+,15-,16-,17-,18-,19-,20-,21-,22-,23-,24-,25-,26-,27+,28+,29+,30+,31+,32+,33+,34+,35+,36+,37+/m0/s1. The van der Waals surface area contributed by atoms with Gasteiger partial charge in [-0.3, -0.25) is 0 Å². The summed E-state index contributed by atoms with van der Waals surface area (Å²) in [5.41, 5.74) is 0. The minimum atomic E-state index is -2.13. The molecule has 0 amide bonds. The summed E-state index contributed by atoms with van der Waals surface area (Å²) in [5, 5.41) is 185. The third-order valence-corrected chi connectivity index (χ3v) is 13.0. The van der Waals surface area contributed by atoms with Gasteiger partial charge in [0.1, 0.15) is 134 Å². The van der Waals surface area contributed by atoms with Crippen LogP contribution in [0.1, 0.15) is 6.92 Å². The molecule has 22 heterocycles. The molecule has 0 aromatic heterocycles. The van der Waals surface area contributed by atoms with Crippen LogP contribution < -0.4 is 0 Å². The SMILES string of the molecule is C[C@H]1[C@H](O)[C@H]2O[C@H]3[C@@H](O)[C@H](O)[C@@H](O[C@H]4[C@@H](O)[C@H](O)[C@@H](O[C@H]5[C@@H](O)[C@H](O)[C@@H](O[C@H]6[C@@H](O)[C@H](O)[C@@H](O[C@H]7[C@@H](O)[C@H](O)[C@@H](O[C@@H]1[C@@H](CO)O2)O[C@@H]7CO)O[C@@H]6CO)O[C@@H]5CO)O[C@@H]4CO)O[C@@H]3CO. The molecule has 12 bridgehead atoms. The van der Waals surface area contributed by atoms with E-state index in [4.69, 9.17) is 56.8 Å². The van der Waals surface area contributed by atoms with Crippen molar-refractivity contribution in [2.45, 2.75) is 185 Å². The molecule has 17 N–H and O–H groups in total. The van der Waals surface area contributed by atoms with E-state index < -0.39 is 224 Å². The van der Waals surface area contributed by atoms with Crippen LogP contribution in [0.2, 0.25) is 0 Å². The van der Waals surface area contributed by atoms with E-state index in [-0.39, 0.29) is 0 Å². The molecule has 0 unspecified atom stereocenters. The number of hydrogen-bond donors (Lipinski definition) is 17. The highest BCUT2D eigenvalue weighted by Crippen LogP contribution is 2.39. The highest BCUT2D eigenvalue weighted by Gasteiger charge is 2.58. The maximum absolute atomic E-state index is 11.4. The van der Waals surface area contributed by atoms with Gasteiger partial charge in [-0.05, 0) is 0 Å². The van der Waals surface area contributed by atoms with Gasteiger partial charge in [-0.1, -0.05) is 6.92 Å². The molecule has 22 aliphatic heterocycles. The Balaban J connectivity index is 1.19. The Morgan fingerprint density at radius 2 is 0.394 bits per heavy atom. The predicted molar refractivity (Wildman–Crippen MR) is 199 cm³/mol. The van der Waals surface area contributed by atoms with Gasteiger partial charge < -0.3 is 144 Å². The fourth-order valence-electron chi connectivity index (χ4n) is 9.18. The van der Waals surface area contributed by atoms with Crippen molar-refractivity contribution in [3.63, 3.8) is 0 Å². The van der Waals surface area contributed by atoms with Crippen LogP contribution in [0.5, 0.6) is 0 Å². The van der Waals surface area contributed by atoms with Gasteiger partial charge in [-0.15, -0.1) is 0 Å². The quantitative estimate of drug-likeness (QED) is 0.117. The normalized spacial score (nSPS) is 55.4. The molecular formula is C37H62O29. The molecule has 22 saturated heterocycles. The van der Waals surface area contributed by atoms with Gasteiger partial charge in [-0.2, -0.15) is 0 Å². The summed E-state index contributed by atoms with van der Waals surface area (Å²) in [6, 6.07) is 0. The molecule has 22 fully saturated rings. The Morgan fingerprint density at radius 3 is 0.591 bits per heavy atom. The molecule has 0 spiro atoms. The lowest BCUT2D eigenvalue weighted by Gasteiger charge is -2.51. The summed E-state index contributed by atoms with van der Waals surface area (Å²) in [6.45, 7) is -4.24. The lowest BCUT2D eigenvalue weighted by molar-refractivity contribution is -0.402. The molecule has 22 rings (SSSR count). The van der Waals surface area contributed by atoms with Gasteiger partial charge in [0.2, 0.25) is 0 Å². The van der Waals surface area contributed by atoms with Crippen LogP contribution in [0.25, 0.3) is 0 Å². The van der Waals surface area contributed by atoms with Gasteiger partial charge in [-0.25, -0.2) is 0 Å². The first kappa shape index (κ1) is 52.7. The van der Waals surface area contributed by atoms with Crippen molar-refractivity contribution in [3.8, 4) is 0 Å². The number of ether oxygens (including phenoxy) is 12. The van der Waals surface area contributed by atoms with E-state index in [2.05, 4.69) is 0 Å². The van der Waals surface area contributed by atoms with Crippen LogP contribution in [-0.2, 0) is 56.8 Å². The third-order valence-electron chi connectivity index (χ3n) is 13.0. The van der Waals surface area contributed by atoms with E-state index in [1.165, 1.54) is 6.92 Å². The third kappa shape index (κ3) is 10.0. The summed E-state index contributed by atoms with van der Waals surface area (Å²) >= 11 is 0. The number of rotatable bonds is 6. The van der Waals surface area contributed by atoms with Crippen molar-refractivity contribution in [2.24, 2.45) is 5.92 Å². The summed E-state index contributed by atoms with van der Waals surface area (Å²) in [5.74, 6) is -1.11. The van der Waals surface area contributed by atoms with Crippen LogP contribution in [0.15, 0.2) is 0 Å². The van der Waals surface area contributed by atoms with E-state index in [9.17, 15) is 86.8 Å². The number of aliphatic hydroxyl groups is 17. The topological polar surface area (TPSA) is 455 Å². The Kier molecular flexibility index (Phi) is 17.6. The van der Waals surface area contributed by atoms with Gasteiger partial charge in [0.25, 0.3) is 0 Å². The maximum Gasteiger partial charge on any atom is 0.187 e. The van der Waals surface area contributed by atoms with Gasteiger partial charge >= 0.3 is 0 Å². The molecule has 66 heavy (non-hydrogen) atoms. The Labute approximate surface area is 374 Å². The van der Waals surface area contributed by atoms with E-state index in [0.717, 1.165) is 0 Å². The molecule has 384 valence electrons. The summed E-state index contributed by atoms with van der Waals surface area (Å²) in [4.78, 5) is 0. The van der Waals surface area contributed by atoms with Crippen molar-refractivity contribution in [3.05, 3.63) is 0 Å². The zero-order chi connectivity index (χ0) is 48.0. The van der Waals surface area contributed by atoms with Crippen LogP contribution in [0, 0.1) is 5.92 Å². The summed E-state index contributed by atoms with van der Waals surface area (Å²) < 4.78 is 68.8. The molecular weight excluding hydrogens is 908 g/mol. The first-order valence-corrected chi connectivity index (χ1v) is 21.4. The molecule has 30 atom stereocenters. The van der Waals surface area contributed by atoms with E-state index in [0.29, 0.717) is 0 Å². The fourth-order valence-corrected chi connectivity index (χ4v) is 9.18. The summed E-state index contributed by atoms with van der Waals surface area (Å²) in [7, 11) is 0. The average molecular weight is 971 g/mol. The fraction of sp³-hybridized carbons (Fsp3) is 1.00. The molecule has 29 nitrogen and oxygen atoms in total. The van der Waals surface area contributed by atoms with Crippen molar-refractivity contribution in [1.82, 2.24) is 0 Å². The number of aliphatic hydroxyl groups excluding tert-OH is 17. The Hall–Kier alpha value is -1.16.